The van der Waals surface area contributed by atoms with Crippen LogP contribution in [-0.4, -0.2) is 14.0 Å². The molecular weight excluding hydrogens is 492 g/mol. The first kappa shape index (κ1) is 25.4. The zero-order valence-electron chi connectivity index (χ0n) is 19.1. The van der Waals surface area contributed by atoms with Crippen molar-refractivity contribution >= 4 is 11.0 Å². The number of rotatable bonds is 6. The molecule has 0 bridgehead atoms. The minimum Gasteiger partial charge on any atom is -0.259 e. The summed E-state index contributed by atoms with van der Waals surface area (Å²) in [5.74, 6) is -3.53. The van der Waals surface area contributed by atoms with Crippen LogP contribution in [0, 0.1) is 23.4 Å². The topological polar surface area (TPSA) is 46.9 Å². The van der Waals surface area contributed by atoms with Crippen molar-refractivity contribution in [2.45, 2.75) is 56.3 Å². The maximum atomic E-state index is 14.9. The Morgan fingerprint density at radius 1 is 1.00 bits per heavy atom. The van der Waals surface area contributed by atoms with Crippen LogP contribution in [0.4, 0.5) is 26.3 Å². The number of alkyl halides is 3. The molecule has 1 aromatic heterocycles. The molecular formula is C24H23F6N3OS. The summed E-state index contributed by atoms with van der Waals surface area (Å²) in [6.07, 6.45) is -1.51. The predicted molar refractivity (Wildman–Crippen MR) is 119 cm³/mol. The monoisotopic (exact) mass is 515 g/mol. The van der Waals surface area contributed by atoms with Crippen LogP contribution in [0.15, 0.2) is 47.5 Å². The number of benzene rings is 2. The summed E-state index contributed by atoms with van der Waals surface area (Å²) in [7, 11) is -1.90. The van der Waals surface area contributed by atoms with Crippen LogP contribution >= 0.6 is 0 Å². The van der Waals surface area contributed by atoms with Crippen LogP contribution in [0.2, 0.25) is 0 Å². The molecule has 11 heteroatoms. The third-order valence-corrected chi connectivity index (χ3v) is 6.92. The smallest absolute Gasteiger partial charge is 0.259 e. The van der Waals surface area contributed by atoms with E-state index in [1.165, 1.54) is 10.9 Å². The fourth-order valence-electron chi connectivity index (χ4n) is 3.87. The Morgan fingerprint density at radius 3 is 2.14 bits per heavy atom. The summed E-state index contributed by atoms with van der Waals surface area (Å²) in [6.45, 7) is 5.43. The van der Waals surface area contributed by atoms with Crippen molar-refractivity contribution in [3.05, 3.63) is 71.2 Å². The van der Waals surface area contributed by atoms with E-state index in [9.17, 15) is 30.6 Å². The summed E-state index contributed by atoms with van der Waals surface area (Å²) >= 11 is 0. The normalized spacial score (nSPS) is 16.4. The molecule has 1 aliphatic rings. The van der Waals surface area contributed by atoms with Gasteiger partial charge in [0.25, 0.3) is 0 Å². The third kappa shape index (κ3) is 5.30. The fraction of sp³-hybridized carbons (Fsp3) is 0.375. The lowest BCUT2D eigenvalue weighted by Gasteiger charge is -2.25. The maximum Gasteiger partial charge on any atom is 0.416 e. The van der Waals surface area contributed by atoms with Crippen LogP contribution in [-0.2, 0) is 22.7 Å². The SMILES string of the molecule is CC(C)(C)n1ncc([C@H](NS(=O)c2ccc(C(F)(F)F)cc2)C2CC2)c1-c1cc(F)c(F)cc1F. The third-order valence-electron chi connectivity index (χ3n) is 5.76. The van der Waals surface area contributed by atoms with Gasteiger partial charge in [-0.05, 0) is 69.9 Å². The van der Waals surface area contributed by atoms with E-state index in [0.29, 0.717) is 11.6 Å². The second-order valence-corrected chi connectivity index (χ2v) is 10.7. The summed E-state index contributed by atoms with van der Waals surface area (Å²) in [4.78, 5) is 0.132. The van der Waals surface area contributed by atoms with Crippen LogP contribution in [0.1, 0.15) is 50.8 Å². The molecule has 1 fully saturated rings. The molecule has 2 atom stereocenters. The molecule has 0 saturated heterocycles. The molecule has 1 heterocycles. The fourth-order valence-corrected chi connectivity index (χ4v) is 4.93. The van der Waals surface area contributed by atoms with Crippen LogP contribution < -0.4 is 4.72 Å². The van der Waals surface area contributed by atoms with Gasteiger partial charge in [-0.1, -0.05) is 0 Å². The van der Waals surface area contributed by atoms with Crippen LogP contribution in [0.3, 0.4) is 0 Å². The molecule has 0 spiro atoms. The Hall–Kier alpha value is -2.66. The molecule has 1 saturated carbocycles. The summed E-state index contributed by atoms with van der Waals surface area (Å²) < 4.78 is 98.7. The van der Waals surface area contributed by atoms with Gasteiger partial charge in [0, 0.05) is 17.2 Å². The molecule has 3 aromatic rings. The molecule has 1 aliphatic carbocycles. The quantitative estimate of drug-likeness (QED) is 0.301. The highest BCUT2D eigenvalue weighted by atomic mass is 32.2. The van der Waals surface area contributed by atoms with Crippen LogP contribution in [0.25, 0.3) is 11.3 Å². The minimum absolute atomic E-state index is 0.00174. The Morgan fingerprint density at radius 2 is 1.60 bits per heavy atom. The van der Waals surface area contributed by atoms with Gasteiger partial charge in [-0.2, -0.15) is 18.3 Å². The standard InChI is InChI=1S/C24H23F6N3OS/c1-23(2,3)33-22(16-10-19(26)20(27)11-18(16)25)17(12-31-33)21(13-4-5-13)32-35(34)15-8-6-14(7-9-15)24(28,29)30/h6-13,21,32H,4-5H2,1-3H3/t21-,35?/m1/s1. The Balaban J connectivity index is 1.75. The van der Waals surface area contributed by atoms with E-state index in [1.807, 2.05) is 20.8 Å². The summed E-state index contributed by atoms with van der Waals surface area (Å²) in [6, 6.07) is 4.58. The molecule has 4 rings (SSSR count). The first-order valence-electron chi connectivity index (χ1n) is 10.9. The van der Waals surface area contributed by atoms with E-state index in [4.69, 9.17) is 0 Å². The van der Waals surface area contributed by atoms with Gasteiger partial charge in [0.15, 0.2) is 11.6 Å². The average Bonchev–Trinajstić information content (AvgIpc) is 3.51. The second-order valence-electron chi connectivity index (χ2n) is 9.50. The zero-order chi connectivity index (χ0) is 25.7. The Kier molecular flexibility index (Phi) is 6.60. The lowest BCUT2D eigenvalue weighted by molar-refractivity contribution is -0.137. The van der Waals surface area contributed by atoms with Gasteiger partial charge < -0.3 is 0 Å². The minimum atomic E-state index is -4.52. The molecule has 188 valence electrons. The number of aromatic nitrogens is 2. The van der Waals surface area contributed by atoms with Gasteiger partial charge >= 0.3 is 6.18 Å². The van der Waals surface area contributed by atoms with Gasteiger partial charge in [-0.3, -0.25) is 4.68 Å². The van der Waals surface area contributed by atoms with Gasteiger partial charge in [0.2, 0.25) is 0 Å². The Bertz CT molecular complexity index is 1260. The van der Waals surface area contributed by atoms with Crippen molar-refractivity contribution in [1.29, 1.82) is 0 Å². The van der Waals surface area contributed by atoms with E-state index in [0.717, 1.165) is 43.2 Å². The highest BCUT2D eigenvalue weighted by Gasteiger charge is 2.38. The number of hydrogen-bond donors (Lipinski definition) is 1. The van der Waals surface area contributed by atoms with Crippen molar-refractivity contribution in [3.63, 3.8) is 0 Å². The number of nitrogens with zero attached hydrogens (tertiary/aromatic N) is 2. The van der Waals surface area contributed by atoms with E-state index in [1.54, 1.807) is 0 Å². The highest BCUT2D eigenvalue weighted by Crippen LogP contribution is 2.45. The largest absolute Gasteiger partial charge is 0.416 e. The van der Waals surface area contributed by atoms with Crippen molar-refractivity contribution in [2.24, 2.45) is 5.92 Å². The second kappa shape index (κ2) is 9.09. The van der Waals surface area contributed by atoms with Crippen molar-refractivity contribution in [3.8, 4) is 11.3 Å². The van der Waals surface area contributed by atoms with Gasteiger partial charge in [0.1, 0.15) is 16.8 Å². The molecule has 2 aromatic carbocycles. The van der Waals surface area contributed by atoms with Gasteiger partial charge in [-0.15, -0.1) is 0 Å². The average molecular weight is 516 g/mol. The van der Waals surface area contributed by atoms with Crippen molar-refractivity contribution in [2.75, 3.05) is 0 Å². The van der Waals surface area contributed by atoms with E-state index >= 15 is 0 Å². The molecule has 1 unspecified atom stereocenters. The Labute approximate surface area is 200 Å². The molecule has 0 amide bonds. The van der Waals surface area contributed by atoms with Crippen molar-refractivity contribution in [1.82, 2.24) is 14.5 Å². The summed E-state index contributed by atoms with van der Waals surface area (Å²) in [5, 5.41) is 4.38. The van der Waals surface area contributed by atoms with E-state index in [-0.39, 0.29) is 22.1 Å². The number of halogens is 6. The predicted octanol–water partition coefficient (Wildman–Crippen LogP) is 6.50. The van der Waals surface area contributed by atoms with Crippen molar-refractivity contribution < 1.29 is 30.6 Å². The van der Waals surface area contributed by atoms with Gasteiger partial charge in [-0.25, -0.2) is 22.1 Å². The van der Waals surface area contributed by atoms with Crippen LogP contribution in [0.5, 0.6) is 0 Å². The van der Waals surface area contributed by atoms with Gasteiger partial charge in [0.05, 0.1) is 33.9 Å². The first-order chi connectivity index (χ1) is 16.3. The molecule has 0 radical (unpaired) electrons. The highest BCUT2D eigenvalue weighted by molar-refractivity contribution is 7.83. The molecule has 4 nitrogen and oxygen atoms in total. The molecule has 0 aliphatic heterocycles. The molecule has 1 N–H and O–H groups in total. The van der Waals surface area contributed by atoms with E-state index < -0.39 is 51.8 Å². The number of hydrogen-bond acceptors (Lipinski definition) is 2. The van der Waals surface area contributed by atoms with E-state index in [2.05, 4.69) is 9.82 Å². The summed E-state index contributed by atoms with van der Waals surface area (Å²) in [5.41, 5.74) is -1.07. The lowest BCUT2D eigenvalue weighted by Crippen LogP contribution is -2.28. The molecule has 35 heavy (non-hydrogen) atoms. The number of nitrogens with one attached hydrogen (secondary N) is 1. The lowest BCUT2D eigenvalue weighted by atomic mass is 9.97. The zero-order valence-corrected chi connectivity index (χ0v) is 19.9. The maximum absolute atomic E-state index is 14.9. The first-order valence-corrected chi connectivity index (χ1v) is 12.0.